The summed E-state index contributed by atoms with van der Waals surface area (Å²) in [4.78, 5) is 16.9. The van der Waals surface area contributed by atoms with E-state index in [1.807, 2.05) is 54.8 Å². The van der Waals surface area contributed by atoms with E-state index in [1.165, 1.54) is 5.56 Å². The fourth-order valence-corrected chi connectivity index (χ4v) is 3.33. The first-order valence-electron chi connectivity index (χ1n) is 7.94. The van der Waals surface area contributed by atoms with Gasteiger partial charge in [0.15, 0.2) is 0 Å². The maximum Gasteiger partial charge on any atom is 0.408 e. The number of hydrogen-bond acceptors (Lipinski definition) is 4. The van der Waals surface area contributed by atoms with Crippen molar-refractivity contribution in [3.05, 3.63) is 65.7 Å². The number of para-hydroxylation sites is 1. The summed E-state index contributed by atoms with van der Waals surface area (Å²) in [6, 6.07) is 17.7. The second kappa shape index (κ2) is 8.02. The number of ether oxygens (including phenoxy) is 1. The minimum Gasteiger partial charge on any atom is -0.445 e. The zero-order valence-corrected chi connectivity index (χ0v) is 14.4. The number of carbonyl (C=O) groups is 1. The Kier molecular flexibility index (Phi) is 5.54. The van der Waals surface area contributed by atoms with Crippen LogP contribution in [0, 0.1) is 0 Å². The molecular formula is C19H20N2O2S. The summed E-state index contributed by atoms with van der Waals surface area (Å²) >= 11 is 1.57. The maximum atomic E-state index is 12.1. The van der Waals surface area contributed by atoms with Crippen LogP contribution in [0.3, 0.4) is 0 Å². The summed E-state index contributed by atoms with van der Waals surface area (Å²) < 4.78 is 5.33. The van der Waals surface area contributed by atoms with Crippen LogP contribution in [-0.2, 0) is 17.8 Å². The highest BCUT2D eigenvalue weighted by Crippen LogP contribution is 2.27. The number of nitrogens with one attached hydrogen (secondary N) is 1. The molecule has 3 rings (SSSR count). The SMILES string of the molecule is CSC1=Nc2ccccc2CC[C@H]1NC(=O)OCc1ccccc1. The van der Waals surface area contributed by atoms with Gasteiger partial charge in [-0.05, 0) is 36.3 Å². The average molecular weight is 340 g/mol. The molecule has 0 bridgehead atoms. The molecular weight excluding hydrogens is 320 g/mol. The number of aliphatic imine (C=N–C) groups is 1. The fourth-order valence-electron chi connectivity index (χ4n) is 2.68. The lowest BCUT2D eigenvalue weighted by Gasteiger charge is -2.17. The van der Waals surface area contributed by atoms with Crippen LogP contribution in [0.1, 0.15) is 17.5 Å². The Balaban J connectivity index is 1.63. The molecule has 0 saturated heterocycles. The van der Waals surface area contributed by atoms with E-state index in [-0.39, 0.29) is 12.6 Å². The maximum absolute atomic E-state index is 12.1. The first-order chi connectivity index (χ1) is 11.8. The summed E-state index contributed by atoms with van der Waals surface area (Å²) in [5.74, 6) is 0. The van der Waals surface area contributed by atoms with Crippen molar-refractivity contribution in [3.8, 4) is 0 Å². The second-order valence-corrected chi connectivity index (χ2v) is 6.41. The van der Waals surface area contributed by atoms with Gasteiger partial charge in [0.1, 0.15) is 6.61 Å². The molecule has 1 atom stereocenters. The van der Waals surface area contributed by atoms with Gasteiger partial charge in [-0.3, -0.25) is 0 Å². The van der Waals surface area contributed by atoms with Crippen molar-refractivity contribution >= 4 is 28.6 Å². The Morgan fingerprint density at radius 3 is 2.75 bits per heavy atom. The van der Waals surface area contributed by atoms with Crippen molar-refractivity contribution in [1.29, 1.82) is 0 Å². The Morgan fingerprint density at radius 2 is 1.96 bits per heavy atom. The van der Waals surface area contributed by atoms with E-state index in [1.54, 1.807) is 11.8 Å². The molecule has 0 spiro atoms. The van der Waals surface area contributed by atoms with Crippen LogP contribution >= 0.6 is 11.8 Å². The molecule has 1 N–H and O–H groups in total. The summed E-state index contributed by atoms with van der Waals surface area (Å²) in [5.41, 5.74) is 3.18. The predicted octanol–water partition coefficient (Wildman–Crippen LogP) is 4.32. The molecule has 124 valence electrons. The number of amides is 1. The van der Waals surface area contributed by atoms with Crippen molar-refractivity contribution < 1.29 is 9.53 Å². The average Bonchev–Trinajstić information content (AvgIpc) is 2.80. The number of rotatable bonds is 3. The zero-order valence-electron chi connectivity index (χ0n) is 13.6. The Hall–Kier alpha value is -2.27. The van der Waals surface area contributed by atoms with Crippen LogP contribution in [0.25, 0.3) is 0 Å². The third kappa shape index (κ3) is 4.17. The summed E-state index contributed by atoms with van der Waals surface area (Å²) in [7, 11) is 0. The third-order valence-corrected chi connectivity index (χ3v) is 4.73. The number of aryl methyl sites for hydroxylation is 1. The van der Waals surface area contributed by atoms with E-state index < -0.39 is 6.09 Å². The fraction of sp³-hybridized carbons (Fsp3) is 0.263. The number of hydrogen-bond donors (Lipinski definition) is 1. The van der Waals surface area contributed by atoms with Gasteiger partial charge in [-0.2, -0.15) is 0 Å². The van der Waals surface area contributed by atoms with Gasteiger partial charge in [-0.15, -0.1) is 11.8 Å². The van der Waals surface area contributed by atoms with Crippen LogP contribution in [0.15, 0.2) is 59.6 Å². The van der Waals surface area contributed by atoms with Gasteiger partial charge in [-0.1, -0.05) is 48.5 Å². The molecule has 1 amide bonds. The first kappa shape index (κ1) is 16.6. The Labute approximate surface area is 146 Å². The molecule has 1 heterocycles. The second-order valence-electron chi connectivity index (χ2n) is 5.58. The minimum absolute atomic E-state index is 0.115. The van der Waals surface area contributed by atoms with Crippen LogP contribution in [0.4, 0.5) is 10.5 Å². The molecule has 24 heavy (non-hydrogen) atoms. The van der Waals surface area contributed by atoms with E-state index in [9.17, 15) is 4.79 Å². The molecule has 1 aliphatic rings. The van der Waals surface area contributed by atoms with E-state index in [0.717, 1.165) is 29.1 Å². The lowest BCUT2D eigenvalue weighted by Crippen LogP contribution is -2.39. The molecule has 2 aromatic rings. The number of benzene rings is 2. The lowest BCUT2D eigenvalue weighted by atomic mass is 10.1. The molecule has 4 nitrogen and oxygen atoms in total. The van der Waals surface area contributed by atoms with Gasteiger partial charge in [0, 0.05) is 0 Å². The molecule has 2 aromatic carbocycles. The highest BCUT2D eigenvalue weighted by atomic mass is 32.2. The van der Waals surface area contributed by atoms with Crippen molar-refractivity contribution in [2.24, 2.45) is 4.99 Å². The largest absolute Gasteiger partial charge is 0.445 e. The van der Waals surface area contributed by atoms with Gasteiger partial charge in [-0.25, -0.2) is 9.79 Å². The van der Waals surface area contributed by atoms with Crippen molar-refractivity contribution in [2.45, 2.75) is 25.5 Å². The molecule has 0 fully saturated rings. The van der Waals surface area contributed by atoms with E-state index in [2.05, 4.69) is 11.4 Å². The molecule has 0 aliphatic carbocycles. The van der Waals surface area contributed by atoms with Crippen LogP contribution in [0.5, 0.6) is 0 Å². The van der Waals surface area contributed by atoms with Gasteiger partial charge >= 0.3 is 6.09 Å². The smallest absolute Gasteiger partial charge is 0.408 e. The number of carbonyl (C=O) groups excluding carboxylic acids is 1. The normalized spacial score (nSPS) is 16.5. The Morgan fingerprint density at radius 1 is 1.21 bits per heavy atom. The summed E-state index contributed by atoms with van der Waals surface area (Å²) in [6.45, 7) is 0.269. The van der Waals surface area contributed by atoms with E-state index in [0.29, 0.717) is 0 Å². The van der Waals surface area contributed by atoms with Gasteiger partial charge in [0.2, 0.25) is 0 Å². The van der Waals surface area contributed by atoms with Gasteiger partial charge < -0.3 is 10.1 Å². The lowest BCUT2D eigenvalue weighted by molar-refractivity contribution is 0.138. The van der Waals surface area contributed by atoms with E-state index >= 15 is 0 Å². The predicted molar refractivity (Wildman–Crippen MR) is 98.9 cm³/mol. The zero-order chi connectivity index (χ0) is 16.8. The third-order valence-electron chi connectivity index (χ3n) is 3.94. The highest BCUT2D eigenvalue weighted by Gasteiger charge is 2.22. The topological polar surface area (TPSA) is 50.7 Å². The van der Waals surface area contributed by atoms with Crippen LogP contribution in [-0.4, -0.2) is 23.4 Å². The standard InChI is InChI=1S/C19H20N2O2S/c1-24-18-17(12-11-15-9-5-6-10-16(15)20-18)21-19(22)23-13-14-7-3-2-4-8-14/h2-10,17H,11-13H2,1H3,(H,21,22)/t17-/m1/s1. The monoisotopic (exact) mass is 340 g/mol. The van der Waals surface area contributed by atoms with Gasteiger partial charge in [0.25, 0.3) is 0 Å². The number of alkyl carbamates (subject to hydrolysis) is 1. The molecule has 0 saturated carbocycles. The Bertz CT molecular complexity index is 731. The van der Waals surface area contributed by atoms with Crippen LogP contribution in [0.2, 0.25) is 0 Å². The highest BCUT2D eigenvalue weighted by molar-refractivity contribution is 8.13. The molecule has 0 radical (unpaired) electrons. The van der Waals surface area contributed by atoms with E-state index in [4.69, 9.17) is 9.73 Å². The molecule has 0 aromatic heterocycles. The molecule has 0 unspecified atom stereocenters. The quantitative estimate of drug-likeness (QED) is 0.905. The number of nitrogens with zero attached hydrogens (tertiary/aromatic N) is 1. The van der Waals surface area contributed by atoms with Crippen molar-refractivity contribution in [1.82, 2.24) is 5.32 Å². The summed E-state index contributed by atoms with van der Waals surface area (Å²) in [5, 5.41) is 3.87. The number of thioether (sulfide) groups is 1. The van der Waals surface area contributed by atoms with Crippen molar-refractivity contribution in [3.63, 3.8) is 0 Å². The molecule has 5 heteroatoms. The first-order valence-corrected chi connectivity index (χ1v) is 9.16. The number of fused-ring (bicyclic) bond motifs is 1. The summed E-state index contributed by atoms with van der Waals surface area (Å²) in [6.07, 6.45) is 3.28. The van der Waals surface area contributed by atoms with Gasteiger partial charge in [0.05, 0.1) is 16.8 Å². The molecule has 1 aliphatic heterocycles. The van der Waals surface area contributed by atoms with Crippen molar-refractivity contribution in [2.75, 3.05) is 6.26 Å². The minimum atomic E-state index is -0.406. The van der Waals surface area contributed by atoms with Crippen LogP contribution < -0.4 is 5.32 Å².